The number of aliphatic imine (C=N–C) groups is 1. The van der Waals surface area contributed by atoms with Gasteiger partial charge in [-0.05, 0) is 30.6 Å². The molecule has 2 aliphatic carbocycles. The van der Waals surface area contributed by atoms with E-state index in [0.29, 0.717) is 12.5 Å². The summed E-state index contributed by atoms with van der Waals surface area (Å²) < 4.78 is 4.69. The van der Waals surface area contributed by atoms with E-state index < -0.39 is 12.1 Å². The van der Waals surface area contributed by atoms with Crippen LogP contribution in [0.5, 0.6) is 0 Å². The van der Waals surface area contributed by atoms with Crippen molar-refractivity contribution in [1.82, 2.24) is 15.1 Å². The molecule has 0 aromatic carbocycles. The number of nitrogens with zero attached hydrogens (tertiary/aromatic N) is 3. The zero-order chi connectivity index (χ0) is 18.4. The fraction of sp³-hybridized carbons (Fsp3) is 0.833. The molecule has 7 heteroatoms. The Labute approximate surface area is 150 Å². The summed E-state index contributed by atoms with van der Waals surface area (Å²) in [4.78, 5) is 30.8. The minimum atomic E-state index is -0.558. The number of carbonyl (C=O) groups excluding carboxylic acids is 2. The summed E-state index contributed by atoms with van der Waals surface area (Å²) in [6.07, 6.45) is 8.56. The van der Waals surface area contributed by atoms with Crippen LogP contribution < -0.4 is 5.32 Å². The van der Waals surface area contributed by atoms with Gasteiger partial charge in [0, 0.05) is 27.7 Å². The lowest BCUT2D eigenvalue weighted by Crippen LogP contribution is -2.43. The topological polar surface area (TPSA) is 74.2 Å². The predicted octanol–water partition coefficient (Wildman–Crippen LogP) is 2.92. The highest BCUT2D eigenvalue weighted by Crippen LogP contribution is 2.43. The predicted molar refractivity (Wildman–Crippen MR) is 97.5 cm³/mol. The molecule has 25 heavy (non-hydrogen) atoms. The first-order chi connectivity index (χ1) is 11.9. The second kappa shape index (κ2) is 9.06. The van der Waals surface area contributed by atoms with Crippen LogP contribution in [0.2, 0.25) is 0 Å². The molecule has 0 aromatic rings. The summed E-state index contributed by atoms with van der Waals surface area (Å²) in [5.74, 6) is 2.40. The van der Waals surface area contributed by atoms with Crippen molar-refractivity contribution in [2.75, 3.05) is 34.8 Å². The zero-order valence-corrected chi connectivity index (χ0v) is 16.0. The smallest absolute Gasteiger partial charge is 0.416 e. The van der Waals surface area contributed by atoms with Gasteiger partial charge in [-0.25, -0.2) is 9.59 Å². The van der Waals surface area contributed by atoms with E-state index in [9.17, 15) is 9.59 Å². The lowest BCUT2D eigenvalue weighted by Gasteiger charge is -2.41. The van der Waals surface area contributed by atoms with Gasteiger partial charge < -0.3 is 15.0 Å². The van der Waals surface area contributed by atoms with E-state index >= 15 is 0 Å². The van der Waals surface area contributed by atoms with E-state index in [0.717, 1.165) is 11.8 Å². The first kappa shape index (κ1) is 19.5. The van der Waals surface area contributed by atoms with Crippen molar-refractivity contribution >= 4 is 18.1 Å². The van der Waals surface area contributed by atoms with Crippen molar-refractivity contribution in [2.45, 2.75) is 44.9 Å². The molecule has 2 rings (SSSR count). The molecule has 0 saturated heterocycles. The summed E-state index contributed by atoms with van der Waals surface area (Å²) in [5, 5.41) is 2.95. The van der Waals surface area contributed by atoms with Crippen molar-refractivity contribution < 1.29 is 14.3 Å². The third kappa shape index (κ3) is 5.09. The monoisotopic (exact) mass is 352 g/mol. The van der Waals surface area contributed by atoms with Gasteiger partial charge in [0.05, 0.1) is 7.11 Å². The first-order valence-electron chi connectivity index (χ1n) is 9.29. The molecule has 1 N–H and O–H groups in total. The van der Waals surface area contributed by atoms with Crippen molar-refractivity contribution in [1.29, 1.82) is 0 Å². The van der Waals surface area contributed by atoms with Gasteiger partial charge in [0.25, 0.3) is 0 Å². The maximum atomic E-state index is 12.3. The third-order valence-corrected chi connectivity index (χ3v) is 5.59. The lowest BCUT2D eigenvalue weighted by molar-refractivity contribution is 0.104. The average molecular weight is 352 g/mol. The van der Waals surface area contributed by atoms with E-state index in [1.165, 1.54) is 64.0 Å². The van der Waals surface area contributed by atoms with Crippen molar-refractivity contribution in [3.63, 3.8) is 0 Å². The van der Waals surface area contributed by atoms with Gasteiger partial charge in [-0.3, -0.25) is 4.90 Å². The average Bonchev–Trinajstić information content (AvgIpc) is 2.62. The lowest BCUT2D eigenvalue weighted by atomic mass is 9.65. The number of guanidine groups is 1. The Bertz CT molecular complexity index is 505. The molecule has 2 aliphatic rings. The van der Waals surface area contributed by atoms with Crippen LogP contribution in [0.15, 0.2) is 4.99 Å². The quantitative estimate of drug-likeness (QED) is 0.612. The van der Waals surface area contributed by atoms with Gasteiger partial charge in [0.2, 0.25) is 5.96 Å². The minimum Gasteiger partial charge on any atom is -0.452 e. The normalized spacial score (nSPS) is 26.4. The Balaban J connectivity index is 1.94. The highest BCUT2D eigenvalue weighted by molar-refractivity contribution is 5.99. The highest BCUT2D eigenvalue weighted by Gasteiger charge is 2.34. The number of fused-ring (bicyclic) bond motifs is 1. The Hall–Kier alpha value is -1.79. The Kier molecular flexibility index (Phi) is 7.08. The largest absolute Gasteiger partial charge is 0.452 e. The van der Waals surface area contributed by atoms with E-state index in [1.807, 2.05) is 0 Å². The summed E-state index contributed by atoms with van der Waals surface area (Å²) >= 11 is 0. The van der Waals surface area contributed by atoms with Gasteiger partial charge >= 0.3 is 12.1 Å². The number of methoxy groups -OCH3 is 1. The van der Waals surface area contributed by atoms with E-state index in [2.05, 4.69) is 15.0 Å². The molecule has 0 spiro atoms. The van der Waals surface area contributed by atoms with Crippen molar-refractivity contribution in [3.8, 4) is 0 Å². The van der Waals surface area contributed by atoms with Crippen molar-refractivity contribution in [3.05, 3.63) is 0 Å². The van der Waals surface area contributed by atoms with Crippen LogP contribution in [0.25, 0.3) is 0 Å². The molecule has 0 aromatic heterocycles. The standard InChI is InChI=1S/C18H32N4O3/c1-21(2)17(22(3)18(24)25-4)20-16(23)19-12-14-10-7-9-13-8-5-6-11-15(13)14/h13-15H,5-12H2,1-4H3,(H,19,23)/b20-17+. The van der Waals surface area contributed by atoms with Gasteiger partial charge in [0.1, 0.15) is 0 Å². The maximum Gasteiger partial charge on any atom is 0.416 e. The Morgan fingerprint density at radius 1 is 1.08 bits per heavy atom. The molecule has 3 atom stereocenters. The molecular weight excluding hydrogens is 320 g/mol. The molecule has 2 fully saturated rings. The summed E-state index contributed by atoms with van der Waals surface area (Å²) in [7, 11) is 6.31. The first-order valence-corrected chi connectivity index (χ1v) is 9.29. The number of rotatable bonds is 2. The van der Waals surface area contributed by atoms with Crippen LogP contribution in [0.4, 0.5) is 9.59 Å². The zero-order valence-electron chi connectivity index (χ0n) is 16.0. The highest BCUT2D eigenvalue weighted by atomic mass is 16.5. The van der Waals surface area contributed by atoms with Crippen LogP contribution in [-0.4, -0.2) is 62.7 Å². The molecule has 3 unspecified atom stereocenters. The number of nitrogens with one attached hydrogen (secondary N) is 1. The third-order valence-electron chi connectivity index (χ3n) is 5.59. The maximum absolute atomic E-state index is 12.3. The Morgan fingerprint density at radius 2 is 1.76 bits per heavy atom. The molecule has 0 heterocycles. The molecule has 0 radical (unpaired) electrons. The molecule has 0 aliphatic heterocycles. The van der Waals surface area contributed by atoms with E-state index in [1.54, 1.807) is 19.0 Å². The molecule has 3 amide bonds. The van der Waals surface area contributed by atoms with E-state index in [4.69, 9.17) is 0 Å². The fourth-order valence-corrected chi connectivity index (χ4v) is 4.37. The summed E-state index contributed by atoms with van der Waals surface area (Å²) in [6.45, 7) is 0.673. The second-order valence-electron chi connectivity index (χ2n) is 7.42. The van der Waals surface area contributed by atoms with Crippen LogP contribution in [0, 0.1) is 17.8 Å². The molecule has 2 saturated carbocycles. The van der Waals surface area contributed by atoms with Gasteiger partial charge in [0.15, 0.2) is 0 Å². The van der Waals surface area contributed by atoms with Crippen LogP contribution in [0.1, 0.15) is 44.9 Å². The summed E-state index contributed by atoms with van der Waals surface area (Å²) in [5.41, 5.74) is 0. The number of carbonyl (C=O) groups is 2. The van der Waals surface area contributed by atoms with Crippen molar-refractivity contribution in [2.24, 2.45) is 22.7 Å². The van der Waals surface area contributed by atoms with Gasteiger partial charge in [-0.2, -0.15) is 4.99 Å². The van der Waals surface area contributed by atoms with Gasteiger partial charge in [-0.1, -0.05) is 32.1 Å². The number of amides is 3. The summed E-state index contributed by atoms with van der Waals surface area (Å²) in [6, 6.07) is -0.405. The number of urea groups is 1. The number of hydrogen-bond acceptors (Lipinski definition) is 3. The van der Waals surface area contributed by atoms with Crippen LogP contribution in [0.3, 0.4) is 0 Å². The number of ether oxygens (including phenoxy) is 1. The molecule has 142 valence electrons. The fourth-order valence-electron chi connectivity index (χ4n) is 4.37. The second-order valence-corrected chi connectivity index (χ2v) is 7.42. The van der Waals surface area contributed by atoms with Gasteiger partial charge in [-0.15, -0.1) is 0 Å². The van der Waals surface area contributed by atoms with E-state index in [-0.39, 0.29) is 5.96 Å². The number of hydrogen-bond donors (Lipinski definition) is 1. The molecule has 7 nitrogen and oxygen atoms in total. The Morgan fingerprint density at radius 3 is 2.44 bits per heavy atom. The van der Waals surface area contributed by atoms with Crippen LogP contribution in [-0.2, 0) is 4.74 Å². The van der Waals surface area contributed by atoms with Crippen LogP contribution >= 0.6 is 0 Å². The minimum absolute atomic E-state index is 0.253. The molecule has 0 bridgehead atoms. The molecular formula is C18H32N4O3. The SMILES string of the molecule is COC(=O)N(C)/C(=N/C(=O)NCC1CCCC2CCCCC21)N(C)C.